The van der Waals surface area contributed by atoms with E-state index < -0.39 is 21.2 Å². The highest BCUT2D eigenvalue weighted by Gasteiger charge is 2.27. The van der Waals surface area contributed by atoms with E-state index in [1.54, 1.807) is 7.05 Å². The van der Waals surface area contributed by atoms with Crippen LogP contribution in [0.2, 0.25) is 0 Å². The third-order valence-corrected chi connectivity index (χ3v) is 3.28. The molecule has 1 aromatic rings. The van der Waals surface area contributed by atoms with Gasteiger partial charge in [-0.25, -0.2) is 0 Å². The molecular weight excluding hydrogens is 282 g/mol. The van der Waals surface area contributed by atoms with Crippen LogP contribution in [-0.4, -0.2) is 57.9 Å². The Morgan fingerprint density at radius 1 is 1.05 bits per heavy atom. The molecule has 0 atom stereocenters. The molecule has 0 saturated carbocycles. The predicted molar refractivity (Wildman–Crippen MR) is 73.5 cm³/mol. The number of nitro benzene ring substituents is 2. The average molecular weight is 300 g/mol. The second kappa shape index (κ2) is 7.07. The molecule has 21 heavy (non-hydrogen) atoms. The van der Waals surface area contributed by atoms with E-state index in [1.807, 2.05) is 0 Å². The third-order valence-electron chi connectivity index (χ3n) is 3.28. The summed E-state index contributed by atoms with van der Waals surface area (Å²) < 4.78 is 0.280. The van der Waals surface area contributed by atoms with Crippen molar-refractivity contribution < 1.29 is 24.5 Å². The highest BCUT2D eigenvalue weighted by atomic mass is 16.6. The lowest BCUT2D eigenvalue weighted by atomic mass is 10.1. The van der Waals surface area contributed by atoms with Crippen LogP contribution in [0.3, 0.4) is 0 Å². The van der Waals surface area contributed by atoms with Crippen LogP contribution in [-0.2, 0) is 6.54 Å². The van der Waals surface area contributed by atoms with Crippen LogP contribution < -0.4 is 0 Å². The van der Waals surface area contributed by atoms with Crippen molar-refractivity contribution in [3.05, 3.63) is 44.0 Å². The number of benzene rings is 1. The van der Waals surface area contributed by atoms with Crippen LogP contribution in [0.5, 0.6) is 0 Å². The van der Waals surface area contributed by atoms with Gasteiger partial charge in [-0.3, -0.25) is 20.2 Å². The van der Waals surface area contributed by atoms with Crippen molar-refractivity contribution in [2.75, 3.05) is 33.4 Å². The predicted octanol–water partition coefficient (Wildman–Crippen LogP) is 0.434. The van der Waals surface area contributed by atoms with Gasteiger partial charge in [0, 0.05) is 17.7 Å². The number of rotatable bonds is 8. The molecule has 2 N–H and O–H groups in total. The summed E-state index contributed by atoms with van der Waals surface area (Å²) in [6.07, 6.45) is 0. The molecule has 0 aliphatic carbocycles. The largest absolute Gasteiger partial charge is 0.391 e. The van der Waals surface area contributed by atoms with E-state index in [-0.39, 0.29) is 17.7 Å². The molecule has 0 amide bonds. The van der Waals surface area contributed by atoms with E-state index in [9.17, 15) is 20.2 Å². The molecule has 116 valence electrons. The van der Waals surface area contributed by atoms with Gasteiger partial charge in [0.1, 0.15) is 19.6 Å². The number of nitro groups is 2. The number of likely N-dealkylation sites (N-methyl/N-ethyl adjacent to an activating group) is 1. The molecule has 0 heterocycles. The molecule has 0 fully saturated rings. The fourth-order valence-electron chi connectivity index (χ4n) is 2.16. The normalized spacial score (nSPS) is 11.4. The lowest BCUT2D eigenvalue weighted by Crippen LogP contribution is -2.47. The van der Waals surface area contributed by atoms with Crippen molar-refractivity contribution in [1.29, 1.82) is 0 Å². The Labute approximate surface area is 120 Å². The van der Waals surface area contributed by atoms with E-state index in [1.165, 1.54) is 12.1 Å². The summed E-state index contributed by atoms with van der Waals surface area (Å²) in [4.78, 5) is 20.1. The van der Waals surface area contributed by atoms with Crippen LogP contribution in [0, 0.1) is 20.2 Å². The lowest BCUT2D eigenvalue weighted by molar-refractivity contribution is -0.923. The Bertz CT molecular complexity index is 528. The van der Waals surface area contributed by atoms with E-state index >= 15 is 0 Å². The Morgan fingerprint density at radius 3 is 2.00 bits per heavy atom. The van der Waals surface area contributed by atoms with Gasteiger partial charge >= 0.3 is 11.4 Å². The Balaban J connectivity index is 3.11. The number of hydrogen-bond acceptors (Lipinski definition) is 6. The van der Waals surface area contributed by atoms with Crippen molar-refractivity contribution in [2.24, 2.45) is 0 Å². The summed E-state index contributed by atoms with van der Waals surface area (Å²) in [5, 5.41) is 39.8. The molecule has 1 aromatic carbocycles. The summed E-state index contributed by atoms with van der Waals surface area (Å²) in [6, 6.07) is 3.73. The molecule has 1 rings (SSSR count). The standard InChI is InChI=1S/C12H18N3O6/c1-15(4-6-16,5-7-17)9-10-2-3-11(13(18)19)12(8-10)14(20)21/h2-3,8,16-17H,4-7,9H2,1H3/q+1. The maximum absolute atomic E-state index is 10.9. The van der Waals surface area contributed by atoms with Crippen LogP contribution in [0.4, 0.5) is 11.4 Å². The average Bonchev–Trinajstić information content (AvgIpc) is 2.38. The summed E-state index contributed by atoms with van der Waals surface area (Å²) >= 11 is 0. The molecular formula is C12H18N3O6+. The second-order valence-corrected chi connectivity index (χ2v) is 5.01. The van der Waals surface area contributed by atoms with Crippen molar-refractivity contribution in [1.82, 2.24) is 0 Å². The zero-order valence-electron chi connectivity index (χ0n) is 11.6. The van der Waals surface area contributed by atoms with Crippen molar-refractivity contribution in [2.45, 2.75) is 6.54 Å². The molecule has 9 nitrogen and oxygen atoms in total. The summed E-state index contributed by atoms with van der Waals surface area (Å²) in [7, 11) is 1.79. The molecule has 0 saturated heterocycles. The number of aliphatic hydroxyl groups excluding tert-OH is 2. The molecule has 0 aliphatic heterocycles. The van der Waals surface area contributed by atoms with E-state index in [0.717, 1.165) is 6.07 Å². The van der Waals surface area contributed by atoms with Gasteiger partial charge in [-0.15, -0.1) is 0 Å². The van der Waals surface area contributed by atoms with Gasteiger partial charge in [0.25, 0.3) is 0 Å². The fourth-order valence-corrected chi connectivity index (χ4v) is 2.16. The highest BCUT2D eigenvalue weighted by Crippen LogP contribution is 2.28. The van der Waals surface area contributed by atoms with Gasteiger partial charge in [-0.1, -0.05) is 0 Å². The quantitative estimate of drug-likeness (QED) is 0.407. The molecule has 0 spiro atoms. The number of nitrogens with zero attached hydrogens (tertiary/aromatic N) is 3. The van der Waals surface area contributed by atoms with Crippen molar-refractivity contribution >= 4 is 11.4 Å². The van der Waals surface area contributed by atoms with Crippen LogP contribution >= 0.6 is 0 Å². The van der Waals surface area contributed by atoms with E-state index in [2.05, 4.69) is 0 Å². The molecule has 0 aliphatic rings. The van der Waals surface area contributed by atoms with Gasteiger partial charge in [0.2, 0.25) is 0 Å². The Kier molecular flexibility index (Phi) is 5.70. The SMILES string of the molecule is C[N+](CCO)(CCO)Cc1ccc([N+](=O)[O-])c([N+](=O)[O-])c1. The highest BCUT2D eigenvalue weighted by molar-refractivity contribution is 5.53. The Hall–Kier alpha value is -2.10. The minimum absolute atomic E-state index is 0.0917. The smallest absolute Gasteiger partial charge is 0.346 e. The lowest BCUT2D eigenvalue weighted by Gasteiger charge is -2.33. The number of aliphatic hydroxyl groups is 2. The number of hydrogen-bond donors (Lipinski definition) is 2. The second-order valence-electron chi connectivity index (χ2n) is 5.01. The zero-order chi connectivity index (χ0) is 16.0. The van der Waals surface area contributed by atoms with Gasteiger partial charge < -0.3 is 14.7 Å². The molecule has 9 heteroatoms. The first-order valence-corrected chi connectivity index (χ1v) is 6.30. The van der Waals surface area contributed by atoms with Gasteiger partial charge in [0.05, 0.1) is 30.1 Å². The maximum Gasteiger partial charge on any atom is 0.346 e. The monoisotopic (exact) mass is 300 g/mol. The molecule has 0 bridgehead atoms. The molecule has 0 unspecified atom stereocenters. The molecule has 0 radical (unpaired) electrons. The first-order chi connectivity index (χ1) is 9.83. The zero-order valence-corrected chi connectivity index (χ0v) is 11.6. The van der Waals surface area contributed by atoms with Gasteiger partial charge in [-0.05, 0) is 6.07 Å². The minimum Gasteiger partial charge on any atom is -0.391 e. The minimum atomic E-state index is -0.794. The van der Waals surface area contributed by atoms with Crippen LogP contribution in [0.15, 0.2) is 18.2 Å². The van der Waals surface area contributed by atoms with Gasteiger partial charge in [0.15, 0.2) is 0 Å². The summed E-state index contributed by atoms with van der Waals surface area (Å²) in [5.74, 6) is 0. The van der Waals surface area contributed by atoms with Gasteiger partial charge in [-0.2, -0.15) is 0 Å². The molecule has 0 aromatic heterocycles. The van der Waals surface area contributed by atoms with Crippen molar-refractivity contribution in [3.63, 3.8) is 0 Å². The van der Waals surface area contributed by atoms with Crippen molar-refractivity contribution in [3.8, 4) is 0 Å². The van der Waals surface area contributed by atoms with E-state index in [4.69, 9.17) is 10.2 Å². The summed E-state index contributed by atoms with van der Waals surface area (Å²) in [5.41, 5.74) is -0.573. The first kappa shape index (κ1) is 17.0. The first-order valence-electron chi connectivity index (χ1n) is 6.30. The van der Waals surface area contributed by atoms with Crippen LogP contribution in [0.1, 0.15) is 5.56 Å². The Morgan fingerprint density at radius 2 is 1.57 bits per heavy atom. The third kappa shape index (κ3) is 4.45. The topological polar surface area (TPSA) is 127 Å². The van der Waals surface area contributed by atoms with E-state index in [0.29, 0.717) is 25.2 Å². The number of quaternary nitrogens is 1. The van der Waals surface area contributed by atoms with Crippen LogP contribution in [0.25, 0.3) is 0 Å². The summed E-state index contributed by atoms with van der Waals surface area (Å²) in [6.45, 7) is 0.869. The fraction of sp³-hybridized carbons (Fsp3) is 0.500. The maximum atomic E-state index is 10.9.